The summed E-state index contributed by atoms with van der Waals surface area (Å²) in [6.07, 6.45) is 12.7. The Morgan fingerprint density at radius 3 is 2.43 bits per heavy atom. The molecule has 0 saturated heterocycles. The summed E-state index contributed by atoms with van der Waals surface area (Å²) in [5.41, 5.74) is 1.10. The molecule has 2 aliphatic carbocycles. The van der Waals surface area contributed by atoms with Gasteiger partial charge >= 0.3 is 0 Å². The lowest BCUT2D eigenvalue weighted by Gasteiger charge is -2.40. The average Bonchev–Trinajstić information content (AvgIpc) is 2.51. The molecule has 0 heterocycles. The van der Waals surface area contributed by atoms with E-state index in [0.717, 1.165) is 27.0 Å². The third kappa shape index (κ3) is 3.96. The number of rotatable bonds is 3. The van der Waals surface area contributed by atoms with E-state index >= 15 is 0 Å². The van der Waals surface area contributed by atoms with Gasteiger partial charge in [0.15, 0.2) is 0 Å². The molecule has 0 radical (unpaired) electrons. The fourth-order valence-corrected chi connectivity index (χ4v) is 5.00. The number of anilines is 1. The summed E-state index contributed by atoms with van der Waals surface area (Å²) in [5, 5.41) is 4.60. The van der Waals surface area contributed by atoms with Gasteiger partial charge in [0.25, 0.3) is 0 Å². The maximum Gasteiger partial charge on any atom is 0.0648 e. The first-order chi connectivity index (χ1) is 10.2. The predicted molar refractivity (Wildman–Crippen MR) is 95.1 cm³/mol. The van der Waals surface area contributed by atoms with Crippen molar-refractivity contribution < 1.29 is 0 Å². The highest BCUT2D eigenvalue weighted by molar-refractivity contribution is 9.10. The third-order valence-corrected chi connectivity index (χ3v) is 6.15. The summed E-state index contributed by atoms with van der Waals surface area (Å²) in [6.45, 7) is 0. The average molecular weight is 371 g/mol. The second kappa shape index (κ2) is 7.37. The highest BCUT2D eigenvalue weighted by Gasteiger charge is 2.32. The van der Waals surface area contributed by atoms with Gasteiger partial charge in [-0.1, -0.05) is 72.5 Å². The number of halogens is 2. The first kappa shape index (κ1) is 15.7. The van der Waals surface area contributed by atoms with Crippen LogP contribution in [0.4, 0.5) is 5.69 Å². The van der Waals surface area contributed by atoms with E-state index in [-0.39, 0.29) is 0 Å². The lowest BCUT2D eigenvalue weighted by Crippen LogP contribution is -2.37. The van der Waals surface area contributed by atoms with Crippen LogP contribution >= 0.6 is 27.5 Å². The van der Waals surface area contributed by atoms with E-state index in [1.165, 1.54) is 57.8 Å². The van der Waals surface area contributed by atoms with Crippen molar-refractivity contribution >= 4 is 33.2 Å². The number of hydrogen-bond donors (Lipinski definition) is 1. The smallest absolute Gasteiger partial charge is 0.0648 e. The van der Waals surface area contributed by atoms with Crippen LogP contribution in [0.2, 0.25) is 5.02 Å². The monoisotopic (exact) mass is 369 g/mol. The summed E-state index contributed by atoms with van der Waals surface area (Å²) >= 11 is 9.87. The Bertz CT molecular complexity index is 470. The molecule has 0 aromatic heterocycles. The standard InChI is InChI=1S/C18H25BrClN/c19-14-10-11-18(16(20)12-14)21-17-9-5-4-8-15(17)13-6-2-1-3-7-13/h10-13,15,17,21H,1-9H2. The first-order valence-electron chi connectivity index (χ1n) is 8.45. The normalized spacial score (nSPS) is 27.5. The lowest BCUT2D eigenvalue weighted by atomic mass is 9.71. The molecule has 1 aromatic rings. The fourth-order valence-electron chi connectivity index (χ4n) is 4.27. The minimum absolute atomic E-state index is 0.612. The number of benzene rings is 1. The zero-order valence-electron chi connectivity index (χ0n) is 12.6. The van der Waals surface area contributed by atoms with Crippen LogP contribution in [0, 0.1) is 11.8 Å². The Labute approximate surface area is 142 Å². The van der Waals surface area contributed by atoms with Crippen LogP contribution in [-0.4, -0.2) is 6.04 Å². The molecular weight excluding hydrogens is 346 g/mol. The molecule has 0 amide bonds. The van der Waals surface area contributed by atoms with Crippen molar-refractivity contribution in [1.29, 1.82) is 0 Å². The zero-order valence-corrected chi connectivity index (χ0v) is 14.9. The van der Waals surface area contributed by atoms with E-state index in [2.05, 4.69) is 33.4 Å². The van der Waals surface area contributed by atoms with Gasteiger partial charge in [0.1, 0.15) is 0 Å². The Morgan fingerprint density at radius 1 is 0.952 bits per heavy atom. The maximum absolute atomic E-state index is 6.39. The van der Waals surface area contributed by atoms with Gasteiger partial charge < -0.3 is 5.32 Å². The topological polar surface area (TPSA) is 12.0 Å². The number of hydrogen-bond acceptors (Lipinski definition) is 1. The van der Waals surface area contributed by atoms with E-state index in [9.17, 15) is 0 Å². The fraction of sp³-hybridized carbons (Fsp3) is 0.667. The molecule has 1 aromatic carbocycles. The van der Waals surface area contributed by atoms with Gasteiger partial charge in [-0.25, -0.2) is 0 Å². The Balaban J connectivity index is 1.71. The third-order valence-electron chi connectivity index (χ3n) is 5.35. The molecule has 116 valence electrons. The zero-order chi connectivity index (χ0) is 14.7. The maximum atomic E-state index is 6.39. The van der Waals surface area contributed by atoms with Gasteiger partial charge in [0, 0.05) is 10.5 Å². The molecule has 0 aliphatic heterocycles. The van der Waals surface area contributed by atoms with Gasteiger partial charge in [0.05, 0.1) is 10.7 Å². The Hall–Kier alpha value is -0.210. The Kier molecular flexibility index (Phi) is 5.50. The van der Waals surface area contributed by atoms with Crippen molar-refractivity contribution in [2.45, 2.75) is 63.8 Å². The molecule has 0 bridgehead atoms. The summed E-state index contributed by atoms with van der Waals surface area (Å²) in [6, 6.07) is 6.79. The molecule has 1 nitrogen and oxygen atoms in total. The second-order valence-corrected chi connectivity index (χ2v) is 8.04. The van der Waals surface area contributed by atoms with Crippen molar-refractivity contribution in [3.05, 3.63) is 27.7 Å². The molecule has 3 heteroatoms. The van der Waals surface area contributed by atoms with Crippen molar-refractivity contribution in [2.75, 3.05) is 5.32 Å². The lowest BCUT2D eigenvalue weighted by molar-refractivity contribution is 0.180. The van der Waals surface area contributed by atoms with E-state index in [4.69, 9.17) is 11.6 Å². The molecular formula is C18H25BrClN. The molecule has 2 fully saturated rings. The van der Waals surface area contributed by atoms with Gasteiger partial charge in [0.2, 0.25) is 0 Å². The largest absolute Gasteiger partial charge is 0.381 e. The van der Waals surface area contributed by atoms with Gasteiger partial charge in [-0.05, 0) is 42.9 Å². The van der Waals surface area contributed by atoms with Crippen LogP contribution < -0.4 is 5.32 Å². The second-order valence-electron chi connectivity index (χ2n) is 6.72. The van der Waals surface area contributed by atoms with Gasteiger partial charge in [-0.2, -0.15) is 0 Å². The predicted octanol–water partition coefficient (Wildman–Crippen LogP) is 6.65. The van der Waals surface area contributed by atoms with Crippen molar-refractivity contribution in [2.24, 2.45) is 11.8 Å². The minimum Gasteiger partial charge on any atom is -0.381 e. The molecule has 0 spiro atoms. The van der Waals surface area contributed by atoms with E-state index < -0.39 is 0 Å². The van der Waals surface area contributed by atoms with Crippen LogP contribution in [0.5, 0.6) is 0 Å². The molecule has 1 N–H and O–H groups in total. The van der Waals surface area contributed by atoms with Gasteiger partial charge in [-0.15, -0.1) is 0 Å². The Morgan fingerprint density at radius 2 is 1.67 bits per heavy atom. The van der Waals surface area contributed by atoms with Crippen LogP contribution in [0.3, 0.4) is 0 Å². The highest BCUT2D eigenvalue weighted by Crippen LogP contribution is 2.40. The summed E-state index contributed by atoms with van der Waals surface area (Å²) < 4.78 is 1.05. The van der Waals surface area contributed by atoms with Crippen LogP contribution in [0.25, 0.3) is 0 Å². The minimum atomic E-state index is 0.612. The molecule has 2 saturated carbocycles. The molecule has 2 atom stereocenters. The molecule has 3 rings (SSSR count). The highest BCUT2D eigenvalue weighted by atomic mass is 79.9. The summed E-state index contributed by atoms with van der Waals surface area (Å²) in [4.78, 5) is 0. The van der Waals surface area contributed by atoms with Crippen LogP contribution in [-0.2, 0) is 0 Å². The summed E-state index contributed by atoms with van der Waals surface area (Å²) in [7, 11) is 0. The van der Waals surface area contributed by atoms with E-state index in [1.54, 1.807) is 0 Å². The molecule has 2 unspecified atom stereocenters. The van der Waals surface area contributed by atoms with Crippen LogP contribution in [0.15, 0.2) is 22.7 Å². The van der Waals surface area contributed by atoms with Crippen molar-refractivity contribution in [3.8, 4) is 0 Å². The molecule has 21 heavy (non-hydrogen) atoms. The van der Waals surface area contributed by atoms with Crippen molar-refractivity contribution in [1.82, 2.24) is 0 Å². The SMILES string of the molecule is Clc1cc(Br)ccc1NC1CCCCC1C1CCCCC1. The van der Waals surface area contributed by atoms with Crippen molar-refractivity contribution in [3.63, 3.8) is 0 Å². The molecule has 2 aliphatic rings. The van der Waals surface area contributed by atoms with E-state index in [1.807, 2.05) is 6.07 Å². The quantitative estimate of drug-likeness (QED) is 0.627. The first-order valence-corrected chi connectivity index (χ1v) is 9.63. The summed E-state index contributed by atoms with van der Waals surface area (Å²) in [5.74, 6) is 1.78. The van der Waals surface area contributed by atoms with Gasteiger partial charge in [-0.3, -0.25) is 0 Å². The number of nitrogens with one attached hydrogen (secondary N) is 1. The van der Waals surface area contributed by atoms with E-state index in [0.29, 0.717) is 6.04 Å². The van der Waals surface area contributed by atoms with Crippen LogP contribution in [0.1, 0.15) is 57.8 Å².